The molecule has 0 spiro atoms. The Hall–Kier alpha value is -1.77. The Bertz CT molecular complexity index is 600. The zero-order chi connectivity index (χ0) is 14.4. The Morgan fingerprint density at radius 2 is 2.00 bits per heavy atom. The van der Waals surface area contributed by atoms with Crippen LogP contribution in [0.25, 0.3) is 11.0 Å². The number of para-hydroxylation sites is 1. The van der Waals surface area contributed by atoms with Gasteiger partial charge in [0.05, 0.1) is 17.6 Å². The van der Waals surface area contributed by atoms with Crippen molar-refractivity contribution in [2.24, 2.45) is 0 Å². The molecular weight excluding hydrogens is 252 g/mol. The van der Waals surface area contributed by atoms with Crippen LogP contribution in [-0.2, 0) is 0 Å². The van der Waals surface area contributed by atoms with E-state index in [-0.39, 0.29) is 11.7 Å². The molecule has 0 aliphatic rings. The van der Waals surface area contributed by atoms with Gasteiger partial charge in [-0.3, -0.25) is 0 Å². The Balaban J connectivity index is 2.07. The van der Waals surface area contributed by atoms with Crippen molar-refractivity contribution in [3.05, 3.63) is 40.8 Å². The summed E-state index contributed by atoms with van der Waals surface area (Å²) >= 11 is 0. The Morgan fingerprint density at radius 3 is 2.80 bits per heavy atom. The van der Waals surface area contributed by atoms with E-state index < -0.39 is 0 Å². The number of rotatable bonds is 7. The third-order valence-electron chi connectivity index (χ3n) is 3.40. The molecule has 0 radical (unpaired) electrons. The fourth-order valence-electron chi connectivity index (χ4n) is 2.31. The van der Waals surface area contributed by atoms with Crippen LogP contribution in [0.15, 0.2) is 39.5 Å². The first-order chi connectivity index (χ1) is 9.70. The second-order valence-corrected chi connectivity index (χ2v) is 5.20. The van der Waals surface area contributed by atoms with Crippen LogP contribution in [0.2, 0.25) is 0 Å². The molecule has 0 amide bonds. The molecule has 2 rings (SSSR count). The van der Waals surface area contributed by atoms with Crippen molar-refractivity contribution in [2.75, 3.05) is 0 Å². The molecule has 0 saturated heterocycles. The Kier molecular flexibility index (Phi) is 5.22. The lowest BCUT2D eigenvalue weighted by atomic mass is 10.1. The average molecular weight is 274 g/mol. The molecule has 0 fully saturated rings. The minimum absolute atomic E-state index is 0.108. The maximum Gasteiger partial charge on any atom is 0.339 e. The van der Waals surface area contributed by atoms with E-state index in [2.05, 4.69) is 13.8 Å². The van der Waals surface area contributed by atoms with Crippen molar-refractivity contribution in [1.29, 1.82) is 0 Å². The van der Waals surface area contributed by atoms with Gasteiger partial charge in [-0.25, -0.2) is 4.79 Å². The van der Waals surface area contributed by atoms with E-state index in [1.165, 1.54) is 25.3 Å². The molecule has 20 heavy (non-hydrogen) atoms. The number of benzene rings is 1. The number of hydrogen-bond acceptors (Lipinski definition) is 3. The average Bonchev–Trinajstić information content (AvgIpc) is 2.43. The highest BCUT2D eigenvalue weighted by molar-refractivity contribution is 5.82. The van der Waals surface area contributed by atoms with Crippen LogP contribution < -0.4 is 10.4 Å². The summed E-state index contributed by atoms with van der Waals surface area (Å²) in [5.74, 6) is 0.625. The quantitative estimate of drug-likeness (QED) is 0.550. The largest absolute Gasteiger partial charge is 0.490 e. The first kappa shape index (κ1) is 14.6. The summed E-state index contributed by atoms with van der Waals surface area (Å²) in [6.07, 6.45) is 6.02. The number of unbranched alkanes of at least 4 members (excludes halogenated alkanes) is 3. The summed E-state index contributed by atoms with van der Waals surface area (Å²) in [4.78, 5) is 11.5. The first-order valence-corrected chi connectivity index (χ1v) is 7.40. The maximum absolute atomic E-state index is 11.5. The van der Waals surface area contributed by atoms with E-state index in [9.17, 15) is 4.79 Å². The SMILES string of the molecule is CCCCCCC(C)Oc1cc(=O)oc2ccccc12. The molecule has 1 aromatic carbocycles. The van der Waals surface area contributed by atoms with Gasteiger partial charge in [0, 0.05) is 0 Å². The van der Waals surface area contributed by atoms with E-state index in [4.69, 9.17) is 9.15 Å². The second kappa shape index (κ2) is 7.13. The second-order valence-electron chi connectivity index (χ2n) is 5.20. The first-order valence-electron chi connectivity index (χ1n) is 7.40. The molecule has 3 nitrogen and oxygen atoms in total. The van der Waals surface area contributed by atoms with Gasteiger partial charge in [0.2, 0.25) is 0 Å². The number of fused-ring (bicyclic) bond motifs is 1. The van der Waals surface area contributed by atoms with Gasteiger partial charge in [-0.1, -0.05) is 38.3 Å². The highest BCUT2D eigenvalue weighted by Crippen LogP contribution is 2.25. The minimum Gasteiger partial charge on any atom is -0.490 e. The van der Waals surface area contributed by atoms with Crippen molar-refractivity contribution < 1.29 is 9.15 Å². The van der Waals surface area contributed by atoms with E-state index in [1.807, 2.05) is 18.2 Å². The summed E-state index contributed by atoms with van der Waals surface area (Å²) in [5.41, 5.74) is 0.213. The molecule has 1 aromatic heterocycles. The maximum atomic E-state index is 11.5. The third-order valence-corrected chi connectivity index (χ3v) is 3.40. The zero-order valence-corrected chi connectivity index (χ0v) is 12.2. The number of ether oxygens (including phenoxy) is 1. The smallest absolute Gasteiger partial charge is 0.339 e. The van der Waals surface area contributed by atoms with Crippen LogP contribution in [0.1, 0.15) is 46.0 Å². The van der Waals surface area contributed by atoms with Crippen molar-refractivity contribution in [2.45, 2.75) is 52.1 Å². The van der Waals surface area contributed by atoms with Gasteiger partial charge in [0.25, 0.3) is 0 Å². The molecule has 2 aromatic rings. The summed E-state index contributed by atoms with van der Waals surface area (Å²) in [5, 5.41) is 0.854. The van der Waals surface area contributed by atoms with E-state index >= 15 is 0 Å². The molecule has 0 N–H and O–H groups in total. The van der Waals surface area contributed by atoms with Gasteiger partial charge in [0.1, 0.15) is 11.3 Å². The van der Waals surface area contributed by atoms with Crippen LogP contribution in [0.3, 0.4) is 0 Å². The topological polar surface area (TPSA) is 39.4 Å². The lowest BCUT2D eigenvalue weighted by Crippen LogP contribution is -2.13. The van der Waals surface area contributed by atoms with Crippen LogP contribution >= 0.6 is 0 Å². The highest BCUT2D eigenvalue weighted by Gasteiger charge is 2.09. The van der Waals surface area contributed by atoms with Crippen LogP contribution in [-0.4, -0.2) is 6.10 Å². The van der Waals surface area contributed by atoms with Crippen molar-refractivity contribution in [3.63, 3.8) is 0 Å². The van der Waals surface area contributed by atoms with Crippen LogP contribution in [0.5, 0.6) is 5.75 Å². The predicted molar refractivity (Wildman–Crippen MR) is 81.3 cm³/mol. The molecule has 3 heteroatoms. The van der Waals surface area contributed by atoms with Crippen molar-refractivity contribution >= 4 is 11.0 Å². The van der Waals surface area contributed by atoms with Crippen LogP contribution in [0, 0.1) is 0 Å². The van der Waals surface area contributed by atoms with E-state index in [0.29, 0.717) is 11.3 Å². The molecule has 1 atom stereocenters. The predicted octanol–water partition coefficient (Wildman–Crippen LogP) is 4.53. The van der Waals surface area contributed by atoms with Gasteiger partial charge < -0.3 is 9.15 Å². The normalized spacial score (nSPS) is 12.5. The van der Waals surface area contributed by atoms with Crippen LogP contribution in [0.4, 0.5) is 0 Å². The molecular formula is C17H22O3. The Labute approximate surface area is 119 Å². The Morgan fingerprint density at radius 1 is 1.20 bits per heavy atom. The molecule has 1 heterocycles. The summed E-state index contributed by atoms with van der Waals surface area (Å²) in [6.45, 7) is 4.25. The summed E-state index contributed by atoms with van der Waals surface area (Å²) in [7, 11) is 0. The molecule has 0 aliphatic heterocycles. The van der Waals surface area contributed by atoms with Crippen molar-refractivity contribution in [3.8, 4) is 5.75 Å². The number of hydrogen-bond donors (Lipinski definition) is 0. The van der Waals surface area contributed by atoms with Gasteiger partial charge in [0.15, 0.2) is 0 Å². The summed E-state index contributed by atoms with van der Waals surface area (Å²) in [6, 6.07) is 8.90. The zero-order valence-electron chi connectivity index (χ0n) is 12.2. The van der Waals surface area contributed by atoms with Gasteiger partial charge in [-0.2, -0.15) is 0 Å². The highest BCUT2D eigenvalue weighted by atomic mass is 16.5. The molecule has 0 aliphatic carbocycles. The molecule has 108 valence electrons. The standard InChI is InChI=1S/C17H22O3/c1-3-4-5-6-9-13(2)19-16-12-17(18)20-15-11-8-7-10-14(15)16/h7-8,10-13H,3-6,9H2,1-2H3. The fraction of sp³-hybridized carbons (Fsp3) is 0.471. The minimum atomic E-state index is -0.364. The van der Waals surface area contributed by atoms with E-state index in [0.717, 1.165) is 18.2 Å². The summed E-state index contributed by atoms with van der Waals surface area (Å²) < 4.78 is 11.1. The van der Waals surface area contributed by atoms with Crippen molar-refractivity contribution in [1.82, 2.24) is 0 Å². The molecule has 1 unspecified atom stereocenters. The lowest BCUT2D eigenvalue weighted by molar-refractivity contribution is 0.208. The van der Waals surface area contributed by atoms with E-state index in [1.54, 1.807) is 6.07 Å². The molecule has 0 saturated carbocycles. The lowest BCUT2D eigenvalue weighted by Gasteiger charge is -2.15. The molecule has 0 bridgehead atoms. The fourth-order valence-corrected chi connectivity index (χ4v) is 2.31. The van der Waals surface area contributed by atoms with Gasteiger partial charge in [-0.15, -0.1) is 0 Å². The third kappa shape index (κ3) is 3.86. The van der Waals surface area contributed by atoms with Gasteiger partial charge in [-0.05, 0) is 31.9 Å². The monoisotopic (exact) mass is 274 g/mol. The van der Waals surface area contributed by atoms with Gasteiger partial charge >= 0.3 is 5.63 Å².